The first-order chi connectivity index (χ1) is 19.2. The van der Waals surface area contributed by atoms with E-state index in [0.29, 0.717) is 6.61 Å². The minimum absolute atomic E-state index is 0.0195. The Balaban J connectivity index is 1.50. The Morgan fingerprint density at radius 3 is 1.70 bits per heavy atom. The summed E-state index contributed by atoms with van der Waals surface area (Å²) in [5, 5.41) is 13.9. The molecule has 4 heteroatoms. The van der Waals surface area contributed by atoms with Crippen LogP contribution in [-0.4, -0.2) is 37.8 Å². The highest BCUT2D eigenvalue weighted by Gasteiger charge is 2.58. The molecular formula is C36H58O3Si. The molecule has 0 aliphatic carbocycles. The highest BCUT2D eigenvalue weighted by atomic mass is 28.4. The maximum atomic E-state index is 11.4. The first kappa shape index (κ1) is 33.0. The average molecular weight is 567 g/mol. The molecule has 0 unspecified atom stereocenters. The zero-order valence-corrected chi connectivity index (χ0v) is 27.5. The number of ether oxygens (including phenoxy) is 1. The lowest BCUT2D eigenvalue weighted by molar-refractivity contribution is 0.0212. The molecule has 1 aliphatic rings. The van der Waals surface area contributed by atoms with Crippen LogP contribution in [0.15, 0.2) is 60.7 Å². The van der Waals surface area contributed by atoms with Crippen molar-refractivity contribution in [1.82, 2.24) is 0 Å². The molecule has 0 radical (unpaired) electrons. The third-order valence-corrected chi connectivity index (χ3v) is 14.2. The van der Waals surface area contributed by atoms with Crippen LogP contribution < -0.4 is 10.4 Å². The summed E-state index contributed by atoms with van der Waals surface area (Å²) in [7, 11) is -2.61. The number of rotatable bonds is 19. The van der Waals surface area contributed by atoms with Crippen LogP contribution in [0.25, 0.3) is 0 Å². The van der Waals surface area contributed by atoms with Crippen LogP contribution in [0.5, 0.6) is 0 Å². The van der Waals surface area contributed by atoms with Crippen LogP contribution in [0.1, 0.15) is 119 Å². The molecule has 1 N–H and O–H groups in total. The largest absolute Gasteiger partial charge is 0.407 e. The van der Waals surface area contributed by atoms with Gasteiger partial charge >= 0.3 is 0 Å². The maximum absolute atomic E-state index is 11.4. The lowest BCUT2D eigenvalue weighted by atomic mass is 9.89. The van der Waals surface area contributed by atoms with Gasteiger partial charge in [-0.3, -0.25) is 0 Å². The predicted octanol–water partition coefficient (Wildman–Crippen LogP) is 8.42. The Morgan fingerprint density at radius 2 is 1.25 bits per heavy atom. The minimum atomic E-state index is -2.61. The molecular weight excluding hydrogens is 508 g/mol. The van der Waals surface area contributed by atoms with Gasteiger partial charge in [0.15, 0.2) is 0 Å². The molecule has 0 saturated carbocycles. The zero-order chi connectivity index (χ0) is 29.1. The van der Waals surface area contributed by atoms with Gasteiger partial charge in [0.2, 0.25) is 0 Å². The Bertz CT molecular complexity index is 918. The van der Waals surface area contributed by atoms with E-state index in [-0.39, 0.29) is 17.1 Å². The van der Waals surface area contributed by atoms with E-state index in [1.807, 2.05) is 0 Å². The van der Waals surface area contributed by atoms with Gasteiger partial charge in [-0.2, -0.15) is 0 Å². The molecule has 40 heavy (non-hydrogen) atoms. The summed E-state index contributed by atoms with van der Waals surface area (Å²) in [5.41, 5.74) is -0.452. The van der Waals surface area contributed by atoms with Gasteiger partial charge < -0.3 is 14.3 Å². The Labute approximate surface area is 247 Å². The summed E-state index contributed by atoms with van der Waals surface area (Å²) in [6.07, 6.45) is 15.5. The van der Waals surface area contributed by atoms with Crippen molar-refractivity contribution in [3.63, 3.8) is 0 Å². The predicted molar refractivity (Wildman–Crippen MR) is 173 cm³/mol. The molecule has 1 saturated heterocycles. The van der Waals surface area contributed by atoms with Crippen molar-refractivity contribution in [1.29, 1.82) is 0 Å². The van der Waals surface area contributed by atoms with Gasteiger partial charge in [-0.05, 0) is 28.8 Å². The monoisotopic (exact) mass is 566 g/mol. The molecule has 2 aromatic rings. The third-order valence-electron chi connectivity index (χ3n) is 9.15. The standard InChI is InChI=1S/C36H58O3Si/c1-7-8-9-10-11-12-13-14-15-16-23-28-33-36(6,39-33)34(37)30(2)29-38-40(35(3,4)5,31-24-19-17-20-25-31)32-26-21-18-22-27-32/h17-22,24-27,30,33-34,37H,7-16,23,28-29H2,1-6H3/t30-,33+,34-,36-/m0/s1. The molecule has 0 bridgehead atoms. The molecule has 3 rings (SSSR count). The SMILES string of the molecule is CCCCCCCCCCCCC[C@H]1O[C@]1(C)[C@@H](O)[C@@H](C)CO[Si](c1ccccc1)(c1ccccc1)C(C)(C)C. The molecule has 0 aromatic heterocycles. The molecule has 2 aromatic carbocycles. The summed E-state index contributed by atoms with van der Waals surface area (Å²) in [6, 6.07) is 21.5. The van der Waals surface area contributed by atoms with Crippen LogP contribution in [-0.2, 0) is 9.16 Å². The number of aliphatic hydroxyl groups is 1. The second-order valence-electron chi connectivity index (χ2n) is 13.5. The number of hydrogen-bond donors (Lipinski definition) is 1. The summed E-state index contributed by atoms with van der Waals surface area (Å²) in [6.45, 7) is 13.9. The molecule has 0 amide bonds. The van der Waals surface area contributed by atoms with Gasteiger partial charge in [0, 0.05) is 12.5 Å². The summed E-state index contributed by atoms with van der Waals surface area (Å²) in [5.74, 6) is -0.0195. The van der Waals surface area contributed by atoms with E-state index in [4.69, 9.17) is 9.16 Å². The summed E-state index contributed by atoms with van der Waals surface area (Å²) < 4.78 is 13.3. The van der Waals surface area contributed by atoms with Crippen LogP contribution in [0, 0.1) is 5.92 Å². The Kier molecular flexibility index (Phi) is 13.0. The normalized spacial score (nSPS) is 20.8. The number of aliphatic hydroxyl groups excluding tert-OH is 1. The number of benzene rings is 2. The van der Waals surface area contributed by atoms with E-state index in [1.54, 1.807) is 0 Å². The van der Waals surface area contributed by atoms with Gasteiger partial charge in [0.25, 0.3) is 8.32 Å². The topological polar surface area (TPSA) is 42.0 Å². The van der Waals surface area contributed by atoms with E-state index < -0.39 is 20.0 Å². The highest BCUT2D eigenvalue weighted by Crippen LogP contribution is 2.45. The van der Waals surface area contributed by atoms with E-state index in [1.165, 1.54) is 81.0 Å². The number of unbranched alkanes of at least 4 members (excludes halogenated alkanes) is 10. The van der Waals surface area contributed by atoms with Gasteiger partial charge in [-0.1, -0.05) is 166 Å². The number of epoxide rings is 1. The van der Waals surface area contributed by atoms with Crippen molar-refractivity contribution in [3.05, 3.63) is 60.7 Å². The molecule has 3 nitrogen and oxygen atoms in total. The lowest BCUT2D eigenvalue weighted by Crippen LogP contribution is -2.67. The fourth-order valence-corrected chi connectivity index (χ4v) is 11.2. The Hall–Kier alpha value is -1.46. The smallest absolute Gasteiger partial charge is 0.261 e. The van der Waals surface area contributed by atoms with Crippen molar-refractivity contribution in [2.45, 2.75) is 141 Å². The molecule has 1 fully saturated rings. The fourth-order valence-electron chi connectivity index (χ4n) is 6.55. The van der Waals surface area contributed by atoms with Crippen LogP contribution >= 0.6 is 0 Å². The molecule has 4 atom stereocenters. The van der Waals surface area contributed by atoms with E-state index in [2.05, 4.69) is 102 Å². The van der Waals surface area contributed by atoms with Gasteiger partial charge in [0.05, 0.1) is 12.2 Å². The second kappa shape index (κ2) is 15.7. The van der Waals surface area contributed by atoms with Crippen LogP contribution in [0.4, 0.5) is 0 Å². The van der Waals surface area contributed by atoms with Crippen molar-refractivity contribution in [2.75, 3.05) is 6.61 Å². The van der Waals surface area contributed by atoms with E-state index in [0.717, 1.165) is 6.42 Å². The molecule has 224 valence electrons. The van der Waals surface area contributed by atoms with Crippen LogP contribution in [0.2, 0.25) is 5.04 Å². The van der Waals surface area contributed by atoms with E-state index in [9.17, 15) is 5.11 Å². The van der Waals surface area contributed by atoms with Crippen molar-refractivity contribution in [2.24, 2.45) is 5.92 Å². The van der Waals surface area contributed by atoms with Gasteiger partial charge in [-0.15, -0.1) is 0 Å². The molecule has 1 heterocycles. The highest BCUT2D eigenvalue weighted by molar-refractivity contribution is 6.99. The van der Waals surface area contributed by atoms with Crippen molar-refractivity contribution >= 4 is 18.7 Å². The quantitative estimate of drug-likeness (QED) is 0.105. The molecule has 0 spiro atoms. The summed E-state index contributed by atoms with van der Waals surface area (Å²) in [4.78, 5) is 0. The number of hydrogen-bond acceptors (Lipinski definition) is 3. The molecule has 1 aliphatic heterocycles. The lowest BCUT2D eigenvalue weighted by Gasteiger charge is -2.44. The summed E-state index contributed by atoms with van der Waals surface area (Å²) >= 11 is 0. The van der Waals surface area contributed by atoms with Crippen LogP contribution in [0.3, 0.4) is 0 Å². The van der Waals surface area contributed by atoms with E-state index >= 15 is 0 Å². The average Bonchev–Trinajstić information content (AvgIpc) is 3.62. The first-order valence-corrected chi connectivity index (χ1v) is 18.2. The second-order valence-corrected chi connectivity index (χ2v) is 17.8. The Morgan fingerprint density at radius 1 is 0.800 bits per heavy atom. The maximum Gasteiger partial charge on any atom is 0.261 e. The first-order valence-electron chi connectivity index (χ1n) is 16.3. The third kappa shape index (κ3) is 8.53. The van der Waals surface area contributed by atoms with Gasteiger partial charge in [0.1, 0.15) is 5.60 Å². The van der Waals surface area contributed by atoms with Crippen molar-refractivity contribution in [3.8, 4) is 0 Å². The zero-order valence-electron chi connectivity index (χ0n) is 26.5. The minimum Gasteiger partial charge on any atom is -0.407 e. The fraction of sp³-hybridized carbons (Fsp3) is 0.667. The van der Waals surface area contributed by atoms with Gasteiger partial charge in [-0.25, -0.2) is 0 Å². The van der Waals surface area contributed by atoms with Crippen molar-refractivity contribution < 1.29 is 14.3 Å².